The van der Waals surface area contributed by atoms with E-state index >= 15 is 0 Å². The van der Waals surface area contributed by atoms with Crippen LogP contribution in [0.3, 0.4) is 0 Å². The summed E-state index contributed by atoms with van der Waals surface area (Å²) in [4.78, 5) is 59.3. The number of amides is 2. The molecular formula is C71H89BrF12N16O5. The Morgan fingerprint density at radius 3 is 1.09 bits per heavy atom. The first-order chi connectivity index (χ1) is 49.0. The fourth-order valence-electron chi connectivity index (χ4n) is 12.9. The maximum absolute atomic E-state index is 13.3. The SMILES string of the molecule is CO.C[C@@H]1CNC[C@H](NC(=O)OC(C)(C)C)C1.C[C@H]1C[C@@H](N)CN(c2cnc(C(F)(F)F)c3ncccc23)C1.C[C@H]1C[C@@H](N)CN(c2cnc(C(F)(F)F)c3ncccc23)C1.C[C@H]1C[C@@H](NC(=O)OC(C)(C)C)CN(c2cnc(C(F)(F)F)c3ncccc23)C1.FC(F)(F)c1ncc(Br)c2cccnc12. The number of aliphatic hydroxyl groups excluding tert-OH is 1. The summed E-state index contributed by atoms with van der Waals surface area (Å²) in [6.07, 6.45) is -5.01. The zero-order chi connectivity index (χ0) is 77.7. The molecule has 0 radical (unpaired) electrons. The number of nitrogens with zero attached hydrogens (tertiary/aromatic N) is 11. The van der Waals surface area contributed by atoms with E-state index in [0.29, 0.717) is 87.0 Å². The van der Waals surface area contributed by atoms with Gasteiger partial charge in [-0.2, -0.15) is 52.7 Å². The molecule has 0 aliphatic carbocycles. The van der Waals surface area contributed by atoms with Gasteiger partial charge in [0, 0.05) is 134 Å². The van der Waals surface area contributed by atoms with Crippen LogP contribution in [0.5, 0.6) is 0 Å². The van der Waals surface area contributed by atoms with Gasteiger partial charge in [0.1, 0.15) is 33.3 Å². The Balaban J connectivity index is 0.000000186. The van der Waals surface area contributed by atoms with Crippen LogP contribution in [0.4, 0.5) is 79.3 Å². The van der Waals surface area contributed by atoms with E-state index in [9.17, 15) is 62.3 Å². The summed E-state index contributed by atoms with van der Waals surface area (Å²) < 4.78 is 167. The number of anilines is 3. The van der Waals surface area contributed by atoms with Crippen molar-refractivity contribution in [2.75, 3.05) is 74.2 Å². The summed E-state index contributed by atoms with van der Waals surface area (Å²) in [5, 5.41) is 17.8. The van der Waals surface area contributed by atoms with Crippen LogP contribution in [-0.4, -0.2) is 152 Å². The maximum atomic E-state index is 13.3. The van der Waals surface area contributed by atoms with Gasteiger partial charge in [-0.3, -0.25) is 19.9 Å². The summed E-state index contributed by atoms with van der Waals surface area (Å²) in [6, 6.07) is 13.0. The van der Waals surface area contributed by atoms with Crippen LogP contribution in [0.15, 0.2) is 103 Å². The molecule has 4 fully saturated rings. The van der Waals surface area contributed by atoms with Crippen LogP contribution in [0.1, 0.15) is 118 Å². The molecule has 12 rings (SSSR count). The van der Waals surface area contributed by atoms with Crippen molar-refractivity contribution in [3.63, 3.8) is 0 Å². The van der Waals surface area contributed by atoms with Crippen LogP contribution in [0.2, 0.25) is 0 Å². The lowest BCUT2D eigenvalue weighted by molar-refractivity contribution is -0.140. The lowest BCUT2D eigenvalue weighted by atomic mass is 9.95. The Labute approximate surface area is 608 Å². The first-order valence-electron chi connectivity index (χ1n) is 33.8. The second-order valence-electron chi connectivity index (χ2n) is 28.5. The molecule has 8 aromatic heterocycles. The van der Waals surface area contributed by atoms with E-state index in [0.717, 1.165) is 65.2 Å². The number of hydrogen-bond acceptors (Lipinski definition) is 19. The molecule has 574 valence electrons. The van der Waals surface area contributed by atoms with Crippen LogP contribution in [0, 0.1) is 23.7 Å². The van der Waals surface area contributed by atoms with Crippen molar-refractivity contribution >= 4 is 88.8 Å². The second-order valence-corrected chi connectivity index (χ2v) is 29.3. The monoisotopic (exact) mass is 1550 g/mol. The number of hydrogen-bond donors (Lipinski definition) is 6. The number of ether oxygens (including phenoxy) is 2. The number of carbonyl (C=O) groups excluding carboxylic acids is 2. The van der Waals surface area contributed by atoms with Crippen molar-refractivity contribution in [3.05, 3.63) is 125 Å². The second kappa shape index (κ2) is 35.4. The molecule has 0 bridgehead atoms. The fraction of sp³-hybridized carbons (Fsp3) is 0.521. The van der Waals surface area contributed by atoms with Crippen molar-refractivity contribution < 1.29 is 76.9 Å². The van der Waals surface area contributed by atoms with Gasteiger partial charge in [-0.1, -0.05) is 33.8 Å². The third-order valence-corrected chi connectivity index (χ3v) is 17.3. The number of alkyl carbamates (subject to hydrolysis) is 2. The molecule has 105 heavy (non-hydrogen) atoms. The average Bonchev–Trinajstić information content (AvgIpc) is 0.887. The van der Waals surface area contributed by atoms with Gasteiger partial charge in [0.15, 0.2) is 22.8 Å². The number of aliphatic hydroxyl groups is 1. The Kier molecular flexibility index (Phi) is 28.3. The van der Waals surface area contributed by atoms with Crippen molar-refractivity contribution in [1.82, 2.24) is 55.8 Å². The van der Waals surface area contributed by atoms with Gasteiger partial charge >= 0.3 is 36.9 Å². The molecule has 0 unspecified atom stereocenters. The molecule has 21 nitrogen and oxygen atoms in total. The quantitative estimate of drug-likeness (QED) is 0.0874. The highest BCUT2D eigenvalue weighted by Gasteiger charge is 2.41. The smallest absolute Gasteiger partial charge is 0.435 e. The van der Waals surface area contributed by atoms with Crippen molar-refractivity contribution in [2.24, 2.45) is 35.1 Å². The third kappa shape index (κ3) is 23.8. The molecule has 8 aromatic rings. The lowest BCUT2D eigenvalue weighted by Crippen LogP contribution is -2.51. The molecule has 4 saturated heterocycles. The van der Waals surface area contributed by atoms with Gasteiger partial charge in [-0.25, -0.2) is 29.5 Å². The molecule has 34 heteroatoms. The summed E-state index contributed by atoms with van der Waals surface area (Å²) in [6.45, 7) is 25.0. The Morgan fingerprint density at radius 2 is 0.752 bits per heavy atom. The normalized spacial score (nSPS) is 21.0. The molecule has 12 heterocycles. The Morgan fingerprint density at radius 1 is 0.448 bits per heavy atom. The number of rotatable bonds is 5. The van der Waals surface area contributed by atoms with Gasteiger partial charge in [0.05, 0.1) is 35.7 Å². The molecule has 4 aliphatic heterocycles. The highest BCUT2D eigenvalue weighted by atomic mass is 79.9. The Bertz CT molecular complexity index is 4060. The van der Waals surface area contributed by atoms with Gasteiger partial charge in [-0.15, -0.1) is 0 Å². The first-order valence-corrected chi connectivity index (χ1v) is 34.6. The molecular weight excluding hydrogens is 1460 g/mol. The number of aromatic nitrogens is 8. The van der Waals surface area contributed by atoms with E-state index in [2.05, 4.69) is 92.5 Å². The summed E-state index contributed by atoms with van der Waals surface area (Å²) >= 11 is 3.13. The minimum Gasteiger partial charge on any atom is -0.444 e. The number of fused-ring (bicyclic) bond motifs is 4. The topological polar surface area (TPSA) is 274 Å². The fourth-order valence-corrected chi connectivity index (χ4v) is 13.3. The van der Waals surface area contributed by atoms with E-state index in [1.807, 2.05) is 42.4 Å². The summed E-state index contributed by atoms with van der Waals surface area (Å²) in [5.41, 5.74) is 8.58. The Hall–Kier alpha value is -8.34. The highest BCUT2D eigenvalue weighted by molar-refractivity contribution is 9.10. The molecule has 0 saturated carbocycles. The minimum absolute atomic E-state index is 0.0118. The largest absolute Gasteiger partial charge is 0.444 e. The molecule has 8 atom stereocenters. The van der Waals surface area contributed by atoms with Crippen molar-refractivity contribution in [1.29, 1.82) is 0 Å². The molecule has 4 aliphatic rings. The highest BCUT2D eigenvalue weighted by Crippen LogP contribution is 2.41. The number of nitrogens with two attached hydrogens (primary N) is 2. The zero-order valence-corrected chi connectivity index (χ0v) is 61.5. The standard InChI is InChI=1S/C20H25F3N4O2.2C15H17F3N4.C11H22N2O2.C9H4BrF3N2.CH4O/c1-12-8-13(26-18(28)29-19(2,3)4)11-27(10-12)15-9-25-17(20(21,22)23)16-14(15)6-5-7-24-16;2*1-9-5-10(19)8-22(7-9)12-6-21-14(15(16,17)18)13-11(12)3-2-4-20-13;1-8-5-9(7-12-6-8)13-10(14)15-11(2,3)4;10-6-4-15-8(9(11,12)13)7-5(6)2-1-3-14-7;1-2/h5-7,9,12-13H,8,10-11H2,1-4H3,(H,26,28);2*2-4,6,9-10H,5,7-8,19H2,1H3;8-9,12H,5-7H2,1-4H3,(H,13,14);1-4H;2H,1H3/t12-,13+;2*9-,10+;8-,9+;;/m0000../s1. The van der Waals surface area contributed by atoms with Gasteiger partial charge in [0.25, 0.3) is 0 Å². The van der Waals surface area contributed by atoms with Crippen LogP contribution >= 0.6 is 15.9 Å². The van der Waals surface area contributed by atoms with Crippen molar-refractivity contribution in [3.8, 4) is 0 Å². The van der Waals surface area contributed by atoms with E-state index in [-0.39, 0.29) is 58.2 Å². The number of nitrogens with one attached hydrogen (secondary N) is 3. The predicted octanol–water partition coefficient (Wildman–Crippen LogP) is 14.6. The third-order valence-electron chi connectivity index (χ3n) is 16.6. The van der Waals surface area contributed by atoms with Crippen LogP contribution in [-0.2, 0) is 34.2 Å². The van der Waals surface area contributed by atoms with Gasteiger partial charge in [-0.05, 0) is 156 Å². The number of pyridine rings is 8. The van der Waals surface area contributed by atoms with Crippen molar-refractivity contribution in [2.45, 2.75) is 155 Å². The van der Waals surface area contributed by atoms with E-state index < -0.39 is 64.8 Å². The molecule has 0 aromatic carbocycles. The molecule has 2 amide bonds. The number of piperidine rings is 4. The van der Waals surface area contributed by atoms with Crippen LogP contribution < -0.4 is 42.1 Å². The molecule has 8 N–H and O–H groups in total. The van der Waals surface area contributed by atoms with E-state index in [4.69, 9.17) is 26.0 Å². The molecule has 0 spiro atoms. The number of halogens is 13. The number of carbonyl (C=O) groups is 2. The zero-order valence-electron chi connectivity index (χ0n) is 59.9. The predicted molar refractivity (Wildman–Crippen MR) is 381 cm³/mol. The van der Waals surface area contributed by atoms with Gasteiger partial charge in [0.2, 0.25) is 0 Å². The van der Waals surface area contributed by atoms with Gasteiger partial charge < -0.3 is 56.7 Å². The van der Waals surface area contributed by atoms with Crippen LogP contribution in [0.25, 0.3) is 43.6 Å². The first kappa shape index (κ1) is 83.9. The maximum Gasteiger partial charge on any atom is 0.435 e. The summed E-state index contributed by atoms with van der Waals surface area (Å²) in [7, 11) is 1.00. The average molecular weight is 1550 g/mol. The van der Waals surface area contributed by atoms with E-state index in [1.54, 1.807) is 69.3 Å². The van der Waals surface area contributed by atoms with E-state index in [1.165, 1.54) is 43.4 Å². The summed E-state index contributed by atoms with van der Waals surface area (Å²) in [5.74, 6) is 1.60. The number of alkyl halides is 12. The lowest BCUT2D eigenvalue weighted by Gasteiger charge is -2.38. The minimum atomic E-state index is -4.58.